The van der Waals surface area contributed by atoms with Crippen LogP contribution in [0, 0.1) is 0 Å². The molecule has 0 rings (SSSR count). The van der Waals surface area contributed by atoms with Gasteiger partial charge in [0, 0.05) is 0 Å². The number of rotatable bonds is 28. The zero-order valence-corrected chi connectivity index (χ0v) is 47.1. The van der Waals surface area contributed by atoms with Crippen molar-refractivity contribution in [2.45, 2.75) is 204 Å². The normalized spacial score (nSPS) is 12.9. The van der Waals surface area contributed by atoms with Crippen molar-refractivity contribution in [2.24, 2.45) is 0 Å². The van der Waals surface area contributed by atoms with Crippen molar-refractivity contribution in [2.75, 3.05) is 0 Å². The van der Waals surface area contributed by atoms with Gasteiger partial charge < -0.3 is 20.6 Å². The zero-order valence-electron chi connectivity index (χ0n) is 37.8. The Morgan fingerprint density at radius 3 is 0.814 bits per heavy atom. The van der Waals surface area contributed by atoms with Gasteiger partial charge in [-0.05, 0) is 147 Å². The topological polar surface area (TPSA) is 46.2 Å². The van der Waals surface area contributed by atoms with Crippen LogP contribution in [0.15, 0.2) is 88.6 Å². The van der Waals surface area contributed by atoms with Crippen molar-refractivity contribution in [1.82, 2.24) is 0 Å². The van der Waals surface area contributed by atoms with Gasteiger partial charge in [-0.25, -0.2) is 0 Å². The second-order valence-electron chi connectivity index (χ2n) is 18.6. The predicted molar refractivity (Wildman–Crippen MR) is 308 cm³/mol. The van der Waals surface area contributed by atoms with Crippen LogP contribution in [-0.2, 0) is 20.6 Å². The van der Waals surface area contributed by atoms with Crippen molar-refractivity contribution in [3.05, 3.63) is 88.6 Å². The third-order valence-electron chi connectivity index (χ3n) is 7.88. The molecule has 0 bridgehead atoms. The first-order chi connectivity index (χ1) is 24.0. The summed E-state index contributed by atoms with van der Waals surface area (Å²) in [5.74, 6) is 0. The highest BCUT2D eigenvalue weighted by molar-refractivity contribution is 6.86. The SMILES string of the molecule is C.C.C.C.C.C.C=CC[Si](CC=C)(CC=C)CC=C.C=CC[Si](CC=C)(CC=C)CCC[Si](C)(O[SiH](C)O[Si](C)(C)C)O[Si](C)(C)C.C[SiH](O[Si](C)(C)C)O[Si](C)(C)C. The van der Waals surface area contributed by atoms with Crippen molar-refractivity contribution < 1.29 is 20.6 Å². The first-order valence-corrected chi connectivity index (χ1v) is 45.7. The fourth-order valence-corrected chi connectivity index (χ4v) is 37.9. The maximum atomic E-state index is 6.69. The molecular weight excluding hydrogens is 873 g/mol. The first-order valence-electron chi connectivity index (χ1n) is 19.7. The number of hydrogen-bond donors (Lipinski definition) is 0. The summed E-state index contributed by atoms with van der Waals surface area (Å²) in [4.78, 5) is 0. The van der Waals surface area contributed by atoms with E-state index in [2.05, 4.69) is 162 Å². The van der Waals surface area contributed by atoms with Gasteiger partial charge in [-0.3, -0.25) is 0 Å². The molecule has 0 saturated heterocycles. The van der Waals surface area contributed by atoms with Crippen LogP contribution in [0.3, 0.4) is 0 Å². The molecule has 0 N–H and O–H groups in total. The standard InChI is InChI=1S/C20H46O3Si5.C12H20Si.C7H22O2Si3.6CH4/c1-12-16-28(17-13-2,18-14-3)20-15-19-27(11,23-26(8,9)10)22-24(4)21-25(5,6)7;1-5-9-13(10-6-2,11-7-3)12-8-4;1-10(8-11(2,3)4)9-12(5,6)7;;;;;;/h12-14,24H,1-3,15-20H2,4-11H3;5-8H,1-4,9-12H2;10H,1-7H3;6*1H4. The molecule has 2 unspecified atom stereocenters. The molecule has 0 aromatic carbocycles. The lowest BCUT2D eigenvalue weighted by atomic mass is 10.6. The molecule has 0 heterocycles. The zero-order chi connectivity index (χ0) is 42.2. The van der Waals surface area contributed by atoms with E-state index in [1.54, 1.807) is 0 Å². The summed E-state index contributed by atoms with van der Waals surface area (Å²) in [5, 5.41) is 0. The van der Waals surface area contributed by atoms with E-state index in [4.69, 9.17) is 20.6 Å². The average molecular weight is 986 g/mol. The Labute approximate surface area is 386 Å². The molecule has 5 nitrogen and oxygen atoms in total. The summed E-state index contributed by atoms with van der Waals surface area (Å²) < 4.78 is 31.4. The summed E-state index contributed by atoms with van der Waals surface area (Å²) in [6.07, 6.45) is 15.6. The third kappa shape index (κ3) is 47.3. The highest BCUT2D eigenvalue weighted by Gasteiger charge is 2.40. The van der Waals surface area contributed by atoms with Crippen molar-refractivity contribution >= 4 is 76.5 Å². The molecule has 0 fully saturated rings. The minimum atomic E-state index is -2.25. The molecule has 0 saturated carbocycles. The van der Waals surface area contributed by atoms with E-state index in [9.17, 15) is 0 Å². The van der Waals surface area contributed by atoms with Crippen LogP contribution >= 0.6 is 0 Å². The van der Waals surface area contributed by atoms with Gasteiger partial charge in [-0.1, -0.05) is 99.6 Å². The summed E-state index contributed by atoms with van der Waals surface area (Å²) in [5.41, 5.74) is 0. The molecule has 0 spiro atoms. The number of allylic oxidation sites excluding steroid dienone is 7. The van der Waals surface area contributed by atoms with Crippen molar-refractivity contribution in [3.8, 4) is 0 Å². The van der Waals surface area contributed by atoms with E-state index < -0.39 is 76.5 Å². The van der Waals surface area contributed by atoms with Crippen LogP contribution in [0.2, 0.25) is 153 Å². The van der Waals surface area contributed by atoms with Gasteiger partial charge in [-0.2, -0.15) is 0 Å². The minimum absolute atomic E-state index is 0. The molecular formula is C45H112O5Si9. The van der Waals surface area contributed by atoms with Gasteiger partial charge >= 0.3 is 8.56 Å². The van der Waals surface area contributed by atoms with Crippen LogP contribution in [0.5, 0.6) is 0 Å². The fraction of sp³-hybridized carbons (Fsp3) is 0.689. The molecule has 2 atom stereocenters. The molecule has 0 amide bonds. The molecule has 0 aliphatic heterocycles. The molecule has 0 radical (unpaired) electrons. The van der Waals surface area contributed by atoms with E-state index >= 15 is 0 Å². The second-order valence-corrected chi connectivity index (χ2v) is 54.5. The lowest BCUT2D eigenvalue weighted by Gasteiger charge is -2.38. The van der Waals surface area contributed by atoms with Gasteiger partial charge in [0.1, 0.15) is 0 Å². The summed E-state index contributed by atoms with van der Waals surface area (Å²) >= 11 is 0. The molecule has 14 heteroatoms. The Morgan fingerprint density at radius 1 is 0.356 bits per heavy atom. The molecule has 0 aliphatic carbocycles. The highest BCUT2D eigenvalue weighted by atomic mass is 28.5. The van der Waals surface area contributed by atoms with Gasteiger partial charge in [0.05, 0.1) is 16.1 Å². The monoisotopic (exact) mass is 985 g/mol. The summed E-state index contributed by atoms with van der Waals surface area (Å²) in [6, 6.07) is 10.2. The molecule has 0 aromatic heterocycles. The van der Waals surface area contributed by atoms with Crippen molar-refractivity contribution in [3.63, 3.8) is 0 Å². The molecule has 0 aliphatic rings. The van der Waals surface area contributed by atoms with Crippen LogP contribution in [0.25, 0.3) is 0 Å². The Morgan fingerprint density at radius 2 is 0.593 bits per heavy atom. The molecule has 59 heavy (non-hydrogen) atoms. The fourth-order valence-electron chi connectivity index (χ4n) is 6.66. The maximum Gasteiger partial charge on any atom is 0.315 e. The van der Waals surface area contributed by atoms with Crippen LogP contribution in [0.1, 0.15) is 51.0 Å². The number of hydrogen-bond acceptors (Lipinski definition) is 5. The van der Waals surface area contributed by atoms with Crippen molar-refractivity contribution in [1.29, 1.82) is 0 Å². The summed E-state index contributed by atoms with van der Waals surface area (Å²) in [7, 11) is -14.0. The van der Waals surface area contributed by atoms with E-state index in [0.29, 0.717) is 0 Å². The predicted octanol–water partition coefficient (Wildman–Crippen LogP) is 17.6. The Hall–Kier alpha value is -0.0681. The van der Waals surface area contributed by atoms with E-state index in [0.717, 1.165) is 54.8 Å². The van der Waals surface area contributed by atoms with Gasteiger partial charge in [-0.15, -0.1) is 46.1 Å². The average Bonchev–Trinajstić information content (AvgIpc) is 2.90. The maximum absolute atomic E-state index is 6.69. The van der Waals surface area contributed by atoms with Crippen LogP contribution < -0.4 is 0 Å². The van der Waals surface area contributed by atoms with E-state index in [-0.39, 0.29) is 44.6 Å². The molecule has 358 valence electrons. The van der Waals surface area contributed by atoms with Gasteiger partial charge in [0.25, 0.3) is 18.6 Å². The summed E-state index contributed by atoms with van der Waals surface area (Å²) in [6.45, 7) is 60.7. The van der Waals surface area contributed by atoms with E-state index in [1.165, 1.54) is 6.04 Å². The molecule has 0 aromatic rings. The first kappa shape index (κ1) is 79.3. The van der Waals surface area contributed by atoms with Gasteiger partial charge in [0.15, 0.2) is 33.3 Å². The minimum Gasteiger partial charge on any atom is -0.439 e. The van der Waals surface area contributed by atoms with E-state index in [1.807, 2.05) is 24.3 Å². The third-order valence-corrected chi connectivity index (χ3v) is 38.6. The quantitative estimate of drug-likeness (QED) is 0.0577. The highest BCUT2D eigenvalue weighted by Crippen LogP contribution is 2.33. The van der Waals surface area contributed by atoms with Gasteiger partial charge in [0.2, 0.25) is 0 Å². The lowest BCUT2D eigenvalue weighted by Crippen LogP contribution is -2.52. The largest absolute Gasteiger partial charge is 0.439 e. The Bertz CT molecular complexity index is 990. The van der Waals surface area contributed by atoms with Crippen LogP contribution in [0.4, 0.5) is 0 Å². The Kier molecular flexibility index (Phi) is 51.6. The van der Waals surface area contributed by atoms with Crippen LogP contribution in [-0.4, -0.2) is 76.5 Å². The Balaban J connectivity index is -0.0000000976. The smallest absolute Gasteiger partial charge is 0.315 e. The lowest BCUT2D eigenvalue weighted by molar-refractivity contribution is 0.343. The second kappa shape index (κ2) is 38.4.